The first kappa shape index (κ1) is 8.71. The number of para-hydroxylation sites is 1. The van der Waals surface area contributed by atoms with Crippen molar-refractivity contribution >= 4 is 34.5 Å². The van der Waals surface area contributed by atoms with E-state index in [1.165, 1.54) is 0 Å². The first-order valence-electron chi connectivity index (χ1n) is 10.7. The summed E-state index contributed by atoms with van der Waals surface area (Å²) in [5, 5.41) is 3.67. The molecule has 0 atom stereocenters. The quantitative estimate of drug-likeness (QED) is 0.797. The van der Waals surface area contributed by atoms with E-state index in [2.05, 4.69) is 10.3 Å². The van der Waals surface area contributed by atoms with Gasteiger partial charge in [0.2, 0.25) is 0 Å². The average molecular weight is 334 g/mol. The van der Waals surface area contributed by atoms with Crippen LogP contribution < -0.4 is 5.32 Å². The zero-order valence-corrected chi connectivity index (χ0v) is 12.9. The molecule has 5 heteroatoms. The molecule has 2 aliphatic rings. The van der Waals surface area contributed by atoms with E-state index in [1.807, 2.05) is 0 Å². The number of nitrogens with one attached hydrogen (secondary N) is 1. The molecule has 2 aromatic carbocycles. The van der Waals surface area contributed by atoms with Crippen LogP contribution in [0, 0.1) is 0 Å². The summed E-state index contributed by atoms with van der Waals surface area (Å²) in [4.78, 5) is 6.39. The van der Waals surface area contributed by atoms with Crippen LogP contribution in [0.5, 0.6) is 0 Å². The second-order valence-corrected chi connectivity index (χ2v) is 5.71. The van der Waals surface area contributed by atoms with E-state index in [4.69, 9.17) is 21.2 Å². The number of halogens is 1. The molecule has 118 valence electrons. The number of nitrogens with zero attached hydrogens (tertiary/aromatic N) is 3. The SMILES string of the molecule is [2H]C([2H])([2H])N1CC([2H])([2H])N(C2=Nc3cc(Cl)ccc3Nc3ccccc32)C([2H])([2H])C1. The largest absolute Gasteiger partial charge is 0.353 e. The van der Waals surface area contributed by atoms with Gasteiger partial charge < -0.3 is 15.1 Å². The number of likely N-dealkylation sites (N-methyl/N-ethyl adjacent to an activating group) is 1. The highest BCUT2D eigenvalue weighted by Gasteiger charge is 2.23. The number of fused-ring (bicyclic) bond motifs is 2. The molecule has 4 rings (SSSR count). The topological polar surface area (TPSA) is 30.9 Å². The molecule has 4 nitrogen and oxygen atoms in total. The van der Waals surface area contributed by atoms with Crippen LogP contribution in [0.4, 0.5) is 17.1 Å². The predicted molar refractivity (Wildman–Crippen MR) is 96.4 cm³/mol. The second-order valence-electron chi connectivity index (χ2n) is 5.28. The molecule has 0 radical (unpaired) electrons. The molecule has 1 N–H and O–H groups in total. The van der Waals surface area contributed by atoms with E-state index in [9.17, 15) is 0 Å². The normalized spacial score (nSPS) is 27.1. The van der Waals surface area contributed by atoms with Gasteiger partial charge in [-0.1, -0.05) is 23.7 Å². The first-order valence-corrected chi connectivity index (χ1v) is 7.56. The van der Waals surface area contributed by atoms with Gasteiger partial charge in [-0.05, 0) is 37.3 Å². The Morgan fingerprint density at radius 3 is 2.83 bits per heavy atom. The number of anilines is 2. The van der Waals surface area contributed by atoms with Crippen LogP contribution in [0.25, 0.3) is 0 Å². The molecule has 23 heavy (non-hydrogen) atoms. The Bertz CT molecular complexity index is 1000. The fourth-order valence-corrected chi connectivity index (χ4v) is 2.72. The summed E-state index contributed by atoms with van der Waals surface area (Å²) in [6.45, 7) is -8.30. The monoisotopic (exact) mass is 333 g/mol. The lowest BCUT2D eigenvalue weighted by molar-refractivity contribution is 0.216. The van der Waals surface area contributed by atoms with Gasteiger partial charge in [0.05, 0.1) is 16.9 Å². The Morgan fingerprint density at radius 2 is 2.00 bits per heavy atom. The van der Waals surface area contributed by atoms with Crippen LogP contribution in [0.3, 0.4) is 0 Å². The fraction of sp³-hybridized carbons (Fsp3) is 0.278. The Balaban J connectivity index is 1.91. The molecule has 1 saturated heterocycles. The first-order chi connectivity index (χ1) is 13.9. The molecule has 2 heterocycles. The van der Waals surface area contributed by atoms with Crippen molar-refractivity contribution in [2.75, 3.05) is 38.4 Å². The van der Waals surface area contributed by atoms with Gasteiger partial charge in [-0.25, -0.2) is 4.99 Å². The van der Waals surface area contributed by atoms with Crippen molar-refractivity contribution in [3.63, 3.8) is 0 Å². The average Bonchev–Trinajstić information content (AvgIpc) is 2.75. The van der Waals surface area contributed by atoms with Gasteiger partial charge in [-0.3, -0.25) is 0 Å². The third-order valence-corrected chi connectivity index (χ3v) is 3.91. The molecule has 0 spiro atoms. The van der Waals surface area contributed by atoms with Gasteiger partial charge in [0.25, 0.3) is 0 Å². The van der Waals surface area contributed by atoms with Crippen molar-refractivity contribution in [1.82, 2.24) is 9.80 Å². The van der Waals surface area contributed by atoms with Crippen LogP contribution >= 0.6 is 11.6 Å². The minimum atomic E-state index is -2.61. The molecule has 0 aliphatic carbocycles. The molecule has 2 aliphatic heterocycles. The van der Waals surface area contributed by atoms with E-state index in [-0.39, 0.29) is 5.84 Å². The maximum atomic E-state index is 8.56. The number of benzene rings is 2. The number of amidine groups is 1. The Kier molecular flexibility index (Phi) is 2.22. The Hall–Kier alpha value is -2.04. The van der Waals surface area contributed by atoms with E-state index < -0.39 is 33.1 Å². The second kappa shape index (κ2) is 5.87. The fourth-order valence-electron chi connectivity index (χ4n) is 2.55. The standard InChI is InChI=1S/C18H19ClN4/c1-22-8-10-23(11-9-22)18-14-4-2-3-5-15(14)20-16-7-6-13(19)12-17(16)21-18/h2-7,12,20H,8-11H2,1H3/i1D3,10D2,11D2. The summed E-state index contributed by atoms with van der Waals surface area (Å²) >= 11 is 6.13. The van der Waals surface area contributed by atoms with E-state index in [1.54, 1.807) is 42.5 Å². The third kappa shape index (κ3) is 2.80. The highest BCUT2D eigenvalue weighted by molar-refractivity contribution is 6.31. The number of hydrogen-bond acceptors (Lipinski definition) is 4. The van der Waals surface area contributed by atoms with E-state index >= 15 is 0 Å². The van der Waals surface area contributed by atoms with Crippen molar-refractivity contribution < 1.29 is 9.60 Å². The van der Waals surface area contributed by atoms with Crippen LogP contribution in [0.15, 0.2) is 47.5 Å². The summed E-state index contributed by atoms with van der Waals surface area (Å²) in [5.74, 6) is 0.0688. The molecular weight excluding hydrogens is 308 g/mol. The molecule has 0 unspecified atom stereocenters. The lowest BCUT2D eigenvalue weighted by Gasteiger charge is -2.34. The van der Waals surface area contributed by atoms with Crippen molar-refractivity contribution in [2.45, 2.75) is 0 Å². The van der Waals surface area contributed by atoms with Gasteiger partial charge in [0.15, 0.2) is 0 Å². The third-order valence-electron chi connectivity index (χ3n) is 3.67. The van der Waals surface area contributed by atoms with Crippen LogP contribution in [-0.4, -0.2) is 48.7 Å². The van der Waals surface area contributed by atoms with Crippen LogP contribution in [-0.2, 0) is 0 Å². The molecule has 2 aromatic rings. The van der Waals surface area contributed by atoms with Gasteiger partial charge >= 0.3 is 0 Å². The van der Waals surface area contributed by atoms with Gasteiger partial charge in [0, 0.05) is 46.5 Å². The highest BCUT2D eigenvalue weighted by Crippen LogP contribution is 2.36. The van der Waals surface area contributed by atoms with Crippen LogP contribution in [0.2, 0.25) is 5.02 Å². The van der Waals surface area contributed by atoms with Crippen molar-refractivity contribution in [3.8, 4) is 0 Å². The van der Waals surface area contributed by atoms with E-state index in [0.717, 1.165) is 9.80 Å². The molecule has 0 amide bonds. The minimum absolute atomic E-state index is 0.0688. The molecule has 0 aromatic heterocycles. The lowest BCUT2D eigenvalue weighted by atomic mass is 10.1. The number of piperazine rings is 1. The number of hydrogen-bond donors (Lipinski definition) is 1. The molecule has 0 bridgehead atoms. The lowest BCUT2D eigenvalue weighted by Crippen LogP contribution is -2.47. The highest BCUT2D eigenvalue weighted by atomic mass is 35.5. The zero-order valence-electron chi connectivity index (χ0n) is 19.2. The maximum Gasteiger partial charge on any atom is 0.138 e. The summed E-state index contributed by atoms with van der Waals surface area (Å²) in [6.07, 6.45) is 0. The van der Waals surface area contributed by atoms with Gasteiger partial charge in [-0.2, -0.15) is 0 Å². The minimum Gasteiger partial charge on any atom is -0.353 e. The summed E-state index contributed by atoms with van der Waals surface area (Å²) in [6, 6.07) is 12.1. The Morgan fingerprint density at radius 1 is 1.17 bits per heavy atom. The number of rotatable bonds is 0. The molecule has 0 saturated carbocycles. The summed E-state index contributed by atoms with van der Waals surface area (Å²) in [7, 11) is 0. The maximum absolute atomic E-state index is 8.56. The van der Waals surface area contributed by atoms with E-state index in [0.29, 0.717) is 27.6 Å². The van der Waals surface area contributed by atoms with Gasteiger partial charge in [0.1, 0.15) is 5.84 Å². The van der Waals surface area contributed by atoms with Crippen molar-refractivity contribution in [1.29, 1.82) is 0 Å². The van der Waals surface area contributed by atoms with Crippen molar-refractivity contribution in [2.24, 2.45) is 4.99 Å². The smallest absolute Gasteiger partial charge is 0.138 e. The molecule has 1 fully saturated rings. The predicted octanol–water partition coefficient (Wildman–Crippen LogP) is 3.72. The summed E-state index contributed by atoms with van der Waals surface area (Å²) < 4.78 is 57.1. The molecular formula is C18H19ClN4. The number of aliphatic imine (C=N–C) groups is 1. The van der Waals surface area contributed by atoms with Crippen molar-refractivity contribution in [3.05, 3.63) is 53.1 Å². The van der Waals surface area contributed by atoms with Crippen LogP contribution in [0.1, 0.15) is 15.2 Å². The zero-order chi connectivity index (χ0) is 21.9. The Labute approximate surface area is 151 Å². The van der Waals surface area contributed by atoms with Gasteiger partial charge in [-0.15, -0.1) is 0 Å². The summed E-state index contributed by atoms with van der Waals surface area (Å²) in [5.41, 5.74) is 2.20.